The molecule has 2 amide bonds. The molecule has 0 unspecified atom stereocenters. The van der Waals surface area contributed by atoms with Crippen LogP contribution in [0, 0.1) is 0 Å². The van der Waals surface area contributed by atoms with Crippen molar-refractivity contribution in [3.05, 3.63) is 64.1 Å². The maximum absolute atomic E-state index is 12.8. The zero-order chi connectivity index (χ0) is 24.5. The lowest BCUT2D eigenvalue weighted by molar-refractivity contribution is -0.121. The third kappa shape index (κ3) is 5.29. The largest absolute Gasteiger partial charge is 0.482 e. The van der Waals surface area contributed by atoms with Gasteiger partial charge in [0.1, 0.15) is 10.1 Å². The molecule has 2 fully saturated rings. The van der Waals surface area contributed by atoms with Gasteiger partial charge in [0.05, 0.1) is 17.1 Å². The van der Waals surface area contributed by atoms with E-state index in [0.29, 0.717) is 39.3 Å². The van der Waals surface area contributed by atoms with Crippen LogP contribution in [0.4, 0.5) is 5.69 Å². The van der Waals surface area contributed by atoms with Crippen molar-refractivity contribution >= 4 is 51.9 Å². The van der Waals surface area contributed by atoms with Crippen LogP contribution in [-0.4, -0.2) is 39.7 Å². The predicted octanol–water partition coefficient (Wildman–Crippen LogP) is 4.86. The number of anilines is 1. The van der Waals surface area contributed by atoms with Gasteiger partial charge in [0, 0.05) is 18.6 Å². The number of nitrogens with zero attached hydrogens (tertiary/aromatic N) is 2. The Kier molecular flexibility index (Phi) is 6.95. The van der Waals surface area contributed by atoms with Crippen LogP contribution in [0.2, 0.25) is 0 Å². The summed E-state index contributed by atoms with van der Waals surface area (Å²) in [5, 5.41) is 2.63. The topological polar surface area (TPSA) is 61.9 Å². The van der Waals surface area contributed by atoms with Crippen molar-refractivity contribution < 1.29 is 14.3 Å². The van der Waals surface area contributed by atoms with Crippen molar-refractivity contribution in [2.45, 2.75) is 58.3 Å². The zero-order valence-corrected chi connectivity index (χ0v) is 21.6. The van der Waals surface area contributed by atoms with Crippen molar-refractivity contribution in [2.24, 2.45) is 0 Å². The molecule has 8 heteroatoms. The number of fused-ring (bicyclic) bond motifs is 1. The van der Waals surface area contributed by atoms with Crippen LogP contribution in [0.15, 0.2) is 47.4 Å². The molecule has 0 spiro atoms. The Hall–Kier alpha value is -2.68. The number of likely N-dealkylation sites (tertiary alicyclic amines) is 1. The first-order valence-electron chi connectivity index (χ1n) is 12.0. The van der Waals surface area contributed by atoms with Crippen molar-refractivity contribution in [1.29, 1.82) is 0 Å². The first-order valence-corrected chi connectivity index (χ1v) is 13.3. The molecule has 2 aromatic carbocycles. The van der Waals surface area contributed by atoms with Crippen molar-refractivity contribution in [3.8, 4) is 5.75 Å². The van der Waals surface area contributed by atoms with Crippen LogP contribution < -0.4 is 15.0 Å². The molecule has 0 bridgehead atoms. The highest BCUT2D eigenvalue weighted by Gasteiger charge is 2.28. The quantitative estimate of drug-likeness (QED) is 0.461. The lowest BCUT2D eigenvalue weighted by atomic mass is 9.96. The molecule has 0 aliphatic carbocycles. The third-order valence-corrected chi connectivity index (χ3v) is 8.13. The minimum atomic E-state index is -0.199. The number of hydrogen-bond acceptors (Lipinski definition) is 6. The second-order valence-corrected chi connectivity index (χ2v) is 11.2. The van der Waals surface area contributed by atoms with Crippen LogP contribution in [-0.2, 0) is 22.7 Å². The molecule has 5 rings (SSSR count). The van der Waals surface area contributed by atoms with Crippen LogP contribution in [0.3, 0.4) is 0 Å². The summed E-state index contributed by atoms with van der Waals surface area (Å²) in [4.78, 5) is 29.7. The molecule has 3 aliphatic rings. The van der Waals surface area contributed by atoms with E-state index in [1.165, 1.54) is 36.6 Å². The molecule has 3 heterocycles. The minimum Gasteiger partial charge on any atom is -0.482 e. The van der Waals surface area contributed by atoms with Gasteiger partial charge in [-0.2, -0.15) is 0 Å². The number of nitrogens with one attached hydrogen (secondary N) is 1. The van der Waals surface area contributed by atoms with E-state index in [-0.39, 0.29) is 18.4 Å². The third-order valence-electron chi connectivity index (χ3n) is 6.97. The van der Waals surface area contributed by atoms with E-state index in [2.05, 4.69) is 48.3 Å². The van der Waals surface area contributed by atoms with Crippen LogP contribution in [0.25, 0.3) is 6.08 Å². The number of carbonyl (C=O) groups is 2. The molecule has 2 atom stereocenters. The number of hydrogen-bond donors (Lipinski definition) is 1. The lowest BCUT2D eigenvalue weighted by Gasteiger charge is -2.39. The molecule has 182 valence electrons. The Morgan fingerprint density at radius 2 is 1.74 bits per heavy atom. The second-order valence-electron chi connectivity index (χ2n) is 9.47. The van der Waals surface area contributed by atoms with Crippen LogP contribution in [0.1, 0.15) is 49.8 Å². The predicted molar refractivity (Wildman–Crippen MR) is 144 cm³/mol. The monoisotopic (exact) mass is 507 g/mol. The summed E-state index contributed by atoms with van der Waals surface area (Å²) in [6.45, 7) is 6.08. The Labute approximate surface area is 215 Å². The van der Waals surface area contributed by atoms with E-state index in [4.69, 9.17) is 17.0 Å². The zero-order valence-electron chi connectivity index (χ0n) is 20.0. The molecule has 0 radical (unpaired) electrons. The highest BCUT2D eigenvalue weighted by atomic mass is 32.2. The maximum Gasteiger partial charge on any atom is 0.265 e. The Morgan fingerprint density at radius 1 is 1.06 bits per heavy atom. The summed E-state index contributed by atoms with van der Waals surface area (Å²) in [6, 6.07) is 15.4. The second kappa shape index (κ2) is 10.1. The molecular weight excluding hydrogens is 478 g/mol. The van der Waals surface area contributed by atoms with E-state index < -0.39 is 0 Å². The average Bonchev–Trinajstić information content (AvgIpc) is 3.15. The SMILES string of the molecule is C[C@@H]1CCC[C@H](C)N1Cc1ccc(CN2C(=O)COc3ccc(/C=C4/SC(=S)NC4=O)cc32)cc1. The molecule has 2 saturated heterocycles. The fourth-order valence-corrected chi connectivity index (χ4v) is 6.03. The van der Waals surface area contributed by atoms with Gasteiger partial charge in [-0.15, -0.1) is 0 Å². The standard InChI is InChI=1S/C27H29N3O3S2/c1-17-4-3-5-18(2)29(17)14-19-6-8-20(9-7-19)15-30-22-12-21(10-11-23(22)33-16-25(30)31)13-24-26(32)28-27(34)35-24/h6-13,17-18H,3-5,14-16H2,1-2H3,(H,28,32,34)/b24-13+/t17-,18+. The van der Waals surface area contributed by atoms with Crippen molar-refractivity contribution in [2.75, 3.05) is 11.5 Å². The van der Waals surface area contributed by atoms with Gasteiger partial charge >= 0.3 is 0 Å². The lowest BCUT2D eigenvalue weighted by Crippen LogP contribution is -2.42. The number of rotatable bonds is 5. The summed E-state index contributed by atoms with van der Waals surface area (Å²) < 4.78 is 6.12. The molecule has 0 aromatic heterocycles. The molecular formula is C27H29N3O3S2. The van der Waals surface area contributed by atoms with Gasteiger partial charge < -0.3 is 15.0 Å². The van der Waals surface area contributed by atoms with Gasteiger partial charge in [-0.25, -0.2) is 0 Å². The van der Waals surface area contributed by atoms with Gasteiger partial charge in [0.25, 0.3) is 11.8 Å². The number of carbonyl (C=O) groups excluding carboxylic acids is 2. The van der Waals surface area contributed by atoms with Gasteiger partial charge in [0.2, 0.25) is 0 Å². The molecule has 2 aromatic rings. The number of thioether (sulfide) groups is 1. The number of ether oxygens (including phenoxy) is 1. The van der Waals surface area contributed by atoms with E-state index in [0.717, 1.165) is 17.7 Å². The summed E-state index contributed by atoms with van der Waals surface area (Å²) in [6.07, 6.45) is 5.62. The smallest absolute Gasteiger partial charge is 0.265 e. The van der Waals surface area contributed by atoms with Gasteiger partial charge in [-0.05, 0) is 61.6 Å². The Balaban J connectivity index is 1.33. The number of thiocarbonyl (C=S) groups is 1. The minimum absolute atomic E-state index is 0.0167. The van der Waals surface area contributed by atoms with E-state index in [1.54, 1.807) is 11.0 Å². The fourth-order valence-electron chi connectivity index (χ4n) is 4.98. The first-order chi connectivity index (χ1) is 16.9. The molecule has 6 nitrogen and oxygen atoms in total. The van der Waals surface area contributed by atoms with E-state index in [1.807, 2.05) is 18.2 Å². The summed E-state index contributed by atoms with van der Waals surface area (Å²) in [5.41, 5.74) is 3.88. The van der Waals surface area contributed by atoms with Gasteiger partial charge in [-0.3, -0.25) is 14.5 Å². The summed E-state index contributed by atoms with van der Waals surface area (Å²) >= 11 is 6.32. The Bertz CT molecular complexity index is 1180. The summed E-state index contributed by atoms with van der Waals surface area (Å²) in [7, 11) is 0. The van der Waals surface area contributed by atoms with Crippen LogP contribution in [0.5, 0.6) is 5.75 Å². The van der Waals surface area contributed by atoms with E-state index in [9.17, 15) is 9.59 Å². The summed E-state index contributed by atoms with van der Waals surface area (Å²) in [5.74, 6) is 0.377. The molecule has 3 aliphatic heterocycles. The van der Waals surface area contributed by atoms with Crippen molar-refractivity contribution in [3.63, 3.8) is 0 Å². The number of benzene rings is 2. The fraction of sp³-hybridized carbons (Fsp3) is 0.370. The van der Waals surface area contributed by atoms with Crippen molar-refractivity contribution in [1.82, 2.24) is 10.2 Å². The average molecular weight is 508 g/mol. The van der Waals surface area contributed by atoms with E-state index >= 15 is 0 Å². The highest BCUT2D eigenvalue weighted by Crippen LogP contribution is 2.36. The molecule has 35 heavy (non-hydrogen) atoms. The number of piperidine rings is 1. The van der Waals surface area contributed by atoms with Crippen LogP contribution >= 0.6 is 24.0 Å². The first kappa shape index (κ1) is 24.0. The van der Waals surface area contributed by atoms with Gasteiger partial charge in [0.15, 0.2) is 6.61 Å². The normalized spacial score (nSPS) is 23.9. The Morgan fingerprint density at radius 3 is 2.40 bits per heavy atom. The molecule has 0 saturated carbocycles. The highest BCUT2D eigenvalue weighted by molar-refractivity contribution is 8.26. The number of amides is 2. The van der Waals surface area contributed by atoms with Gasteiger partial charge in [-0.1, -0.05) is 60.7 Å². The maximum atomic E-state index is 12.8. The molecule has 1 N–H and O–H groups in total.